The second-order valence-corrected chi connectivity index (χ2v) is 4.60. The third kappa shape index (κ3) is 3.49. The molecule has 3 heteroatoms. The molecule has 2 rings (SSSR count). The van der Waals surface area contributed by atoms with E-state index >= 15 is 0 Å². The van der Waals surface area contributed by atoms with Crippen LogP contribution in [0.2, 0.25) is 5.02 Å². The Morgan fingerprint density at radius 1 is 1.17 bits per heavy atom. The Bertz CT molecular complexity index is 506. The van der Waals surface area contributed by atoms with Gasteiger partial charge >= 0.3 is 0 Å². The highest BCUT2D eigenvalue weighted by molar-refractivity contribution is 6.30. The molecule has 2 nitrogen and oxygen atoms in total. The van der Waals surface area contributed by atoms with Crippen molar-refractivity contribution in [3.63, 3.8) is 0 Å². The van der Waals surface area contributed by atoms with E-state index in [9.17, 15) is 5.11 Å². The molecule has 0 radical (unpaired) electrons. The number of hydrogen-bond acceptors (Lipinski definition) is 2. The molecule has 2 aromatic rings. The highest BCUT2D eigenvalue weighted by atomic mass is 35.5. The normalized spacial score (nSPS) is 12.2. The van der Waals surface area contributed by atoms with Gasteiger partial charge < -0.3 is 9.84 Å². The Morgan fingerprint density at radius 3 is 2.56 bits per heavy atom. The predicted octanol–water partition coefficient (Wildman–Crippen LogP) is 3.97. The zero-order valence-electron chi connectivity index (χ0n) is 10.1. The van der Waals surface area contributed by atoms with Gasteiger partial charge in [-0.05, 0) is 42.3 Å². The first-order chi connectivity index (χ1) is 8.65. The minimum absolute atomic E-state index is 0.482. The van der Waals surface area contributed by atoms with Gasteiger partial charge in [0.25, 0.3) is 0 Å². The third-order valence-corrected chi connectivity index (χ3v) is 2.91. The Kier molecular flexibility index (Phi) is 4.24. The summed E-state index contributed by atoms with van der Waals surface area (Å²) in [6.45, 7) is 2.22. The van der Waals surface area contributed by atoms with E-state index < -0.39 is 6.10 Å². The van der Waals surface area contributed by atoms with Crippen LogP contribution in [-0.2, 0) is 6.61 Å². The fourth-order valence-electron chi connectivity index (χ4n) is 1.61. The van der Waals surface area contributed by atoms with E-state index in [4.69, 9.17) is 16.3 Å². The molecule has 1 atom stereocenters. The second-order valence-electron chi connectivity index (χ2n) is 4.16. The smallest absolute Gasteiger partial charge is 0.120 e. The molecule has 0 spiro atoms. The number of aliphatic hydroxyl groups is 1. The van der Waals surface area contributed by atoms with Gasteiger partial charge in [0.1, 0.15) is 12.4 Å². The van der Waals surface area contributed by atoms with Crippen LogP contribution in [0.15, 0.2) is 48.5 Å². The molecular formula is C15H15ClO2. The molecule has 0 aliphatic heterocycles. The number of hydrogen-bond donors (Lipinski definition) is 1. The summed E-state index contributed by atoms with van der Waals surface area (Å²) in [6, 6.07) is 15.0. The molecular weight excluding hydrogens is 248 g/mol. The molecule has 1 unspecified atom stereocenters. The summed E-state index contributed by atoms with van der Waals surface area (Å²) in [5.74, 6) is 0.753. The van der Waals surface area contributed by atoms with Crippen LogP contribution in [0.4, 0.5) is 0 Å². The molecule has 0 aromatic heterocycles. The van der Waals surface area contributed by atoms with E-state index in [1.54, 1.807) is 6.92 Å². The number of rotatable bonds is 4. The minimum atomic E-state index is -0.482. The zero-order valence-corrected chi connectivity index (χ0v) is 10.9. The van der Waals surface area contributed by atoms with E-state index in [1.807, 2.05) is 48.5 Å². The van der Waals surface area contributed by atoms with Gasteiger partial charge in [0, 0.05) is 5.02 Å². The van der Waals surface area contributed by atoms with Crippen LogP contribution < -0.4 is 4.74 Å². The fraction of sp³-hybridized carbons (Fsp3) is 0.200. The van der Waals surface area contributed by atoms with Crippen LogP contribution in [0.3, 0.4) is 0 Å². The van der Waals surface area contributed by atoms with Crippen LogP contribution in [0, 0.1) is 0 Å². The summed E-state index contributed by atoms with van der Waals surface area (Å²) < 4.78 is 5.67. The van der Waals surface area contributed by atoms with Crippen LogP contribution in [0.25, 0.3) is 0 Å². The Balaban J connectivity index is 2.01. The van der Waals surface area contributed by atoms with Gasteiger partial charge in [0.15, 0.2) is 0 Å². The minimum Gasteiger partial charge on any atom is -0.489 e. The van der Waals surface area contributed by atoms with Crippen molar-refractivity contribution in [3.8, 4) is 5.75 Å². The van der Waals surface area contributed by atoms with Crippen LogP contribution in [0.1, 0.15) is 24.2 Å². The SMILES string of the molecule is CC(O)c1cccc(OCc2ccc(Cl)cc2)c1. The molecule has 0 aliphatic rings. The third-order valence-electron chi connectivity index (χ3n) is 2.66. The van der Waals surface area contributed by atoms with Crippen molar-refractivity contribution in [3.05, 3.63) is 64.7 Å². The summed E-state index contributed by atoms with van der Waals surface area (Å²) in [4.78, 5) is 0. The average Bonchev–Trinajstić information content (AvgIpc) is 2.38. The highest BCUT2D eigenvalue weighted by Gasteiger charge is 2.02. The molecule has 0 heterocycles. The number of halogens is 1. The predicted molar refractivity (Wildman–Crippen MR) is 72.9 cm³/mol. The molecule has 0 saturated carbocycles. The maximum absolute atomic E-state index is 9.49. The molecule has 94 valence electrons. The maximum Gasteiger partial charge on any atom is 0.120 e. The summed E-state index contributed by atoms with van der Waals surface area (Å²) in [5, 5.41) is 10.2. The van der Waals surface area contributed by atoms with Crippen molar-refractivity contribution in [2.45, 2.75) is 19.6 Å². The van der Waals surface area contributed by atoms with Gasteiger partial charge in [0.05, 0.1) is 6.10 Å². The quantitative estimate of drug-likeness (QED) is 0.903. The largest absolute Gasteiger partial charge is 0.489 e. The van der Waals surface area contributed by atoms with Crippen molar-refractivity contribution in [1.29, 1.82) is 0 Å². The standard InChI is InChI=1S/C15H15ClO2/c1-11(17)13-3-2-4-15(9-13)18-10-12-5-7-14(16)8-6-12/h2-9,11,17H,10H2,1H3. The first-order valence-corrected chi connectivity index (χ1v) is 6.18. The average molecular weight is 263 g/mol. The second kappa shape index (κ2) is 5.89. The van der Waals surface area contributed by atoms with Crippen molar-refractivity contribution in [2.75, 3.05) is 0 Å². The topological polar surface area (TPSA) is 29.5 Å². The van der Waals surface area contributed by atoms with Crippen molar-refractivity contribution in [2.24, 2.45) is 0 Å². The van der Waals surface area contributed by atoms with E-state index in [1.165, 1.54) is 0 Å². The highest BCUT2D eigenvalue weighted by Crippen LogP contribution is 2.20. The van der Waals surface area contributed by atoms with Crippen molar-refractivity contribution in [1.82, 2.24) is 0 Å². The fourth-order valence-corrected chi connectivity index (χ4v) is 1.74. The summed E-state index contributed by atoms with van der Waals surface area (Å²) >= 11 is 5.82. The Hall–Kier alpha value is -1.51. The first kappa shape index (κ1) is 12.9. The summed E-state index contributed by atoms with van der Waals surface area (Å²) in [6.07, 6.45) is -0.482. The monoisotopic (exact) mass is 262 g/mol. The molecule has 2 aromatic carbocycles. The van der Waals surface area contributed by atoms with E-state index in [0.717, 1.165) is 21.9 Å². The lowest BCUT2D eigenvalue weighted by Gasteiger charge is -2.09. The molecule has 0 saturated heterocycles. The van der Waals surface area contributed by atoms with E-state index in [0.29, 0.717) is 6.61 Å². The van der Waals surface area contributed by atoms with Gasteiger partial charge in [-0.2, -0.15) is 0 Å². The molecule has 0 aliphatic carbocycles. The molecule has 0 fully saturated rings. The van der Waals surface area contributed by atoms with Crippen molar-refractivity contribution >= 4 is 11.6 Å². The summed E-state index contributed by atoms with van der Waals surface area (Å²) in [7, 11) is 0. The maximum atomic E-state index is 9.49. The lowest BCUT2D eigenvalue weighted by molar-refractivity contribution is 0.198. The number of benzene rings is 2. The molecule has 0 amide bonds. The Labute approximate surface area is 112 Å². The lowest BCUT2D eigenvalue weighted by atomic mass is 10.1. The Morgan fingerprint density at radius 2 is 1.89 bits per heavy atom. The van der Waals surface area contributed by atoms with Gasteiger partial charge in [0.2, 0.25) is 0 Å². The first-order valence-electron chi connectivity index (χ1n) is 5.80. The number of ether oxygens (including phenoxy) is 1. The van der Waals surface area contributed by atoms with Gasteiger partial charge in [-0.3, -0.25) is 0 Å². The molecule has 18 heavy (non-hydrogen) atoms. The van der Waals surface area contributed by atoms with Gasteiger partial charge in [-0.15, -0.1) is 0 Å². The van der Waals surface area contributed by atoms with Crippen LogP contribution in [-0.4, -0.2) is 5.11 Å². The molecule has 0 bridgehead atoms. The lowest BCUT2D eigenvalue weighted by Crippen LogP contribution is -1.97. The van der Waals surface area contributed by atoms with E-state index in [-0.39, 0.29) is 0 Å². The van der Waals surface area contributed by atoms with Crippen LogP contribution >= 0.6 is 11.6 Å². The van der Waals surface area contributed by atoms with Gasteiger partial charge in [-0.1, -0.05) is 35.9 Å². The number of aliphatic hydroxyl groups excluding tert-OH is 1. The zero-order chi connectivity index (χ0) is 13.0. The van der Waals surface area contributed by atoms with E-state index in [2.05, 4.69) is 0 Å². The van der Waals surface area contributed by atoms with Gasteiger partial charge in [-0.25, -0.2) is 0 Å². The summed E-state index contributed by atoms with van der Waals surface area (Å²) in [5.41, 5.74) is 1.91. The van der Waals surface area contributed by atoms with Crippen LogP contribution in [0.5, 0.6) is 5.75 Å². The van der Waals surface area contributed by atoms with Crippen molar-refractivity contribution < 1.29 is 9.84 Å². The molecule has 1 N–H and O–H groups in total.